The molecule has 0 spiro atoms. The lowest BCUT2D eigenvalue weighted by Crippen LogP contribution is -2.36. The summed E-state index contributed by atoms with van der Waals surface area (Å²) < 4.78 is 28.3. The lowest BCUT2D eigenvalue weighted by Gasteiger charge is -2.27. The van der Waals surface area contributed by atoms with Crippen molar-refractivity contribution in [3.05, 3.63) is 52.3 Å². The molecule has 1 aromatic heterocycles. The molecule has 0 unspecified atom stereocenters. The normalized spacial score (nSPS) is 12.0. The van der Waals surface area contributed by atoms with Crippen LogP contribution in [0.3, 0.4) is 0 Å². The summed E-state index contributed by atoms with van der Waals surface area (Å²) >= 11 is 0. The van der Waals surface area contributed by atoms with E-state index in [1.54, 1.807) is 10.7 Å². The van der Waals surface area contributed by atoms with Gasteiger partial charge in [0.1, 0.15) is 0 Å². The highest BCUT2D eigenvalue weighted by molar-refractivity contribution is 5.27. The maximum atomic E-state index is 13.4. The van der Waals surface area contributed by atoms with Crippen molar-refractivity contribution in [3.8, 4) is 0 Å². The Morgan fingerprint density at radius 3 is 2.52 bits per heavy atom. The molecule has 0 aliphatic rings. The van der Waals surface area contributed by atoms with Gasteiger partial charge in [-0.25, -0.2) is 8.78 Å². The van der Waals surface area contributed by atoms with Gasteiger partial charge in [-0.3, -0.25) is 4.68 Å². The first-order valence-corrected chi connectivity index (χ1v) is 7.60. The Morgan fingerprint density at radius 1 is 1.22 bits per heavy atom. The summed E-state index contributed by atoms with van der Waals surface area (Å²) in [6, 6.07) is 3.95. The highest BCUT2D eigenvalue weighted by atomic mass is 19.2. The van der Waals surface area contributed by atoms with Crippen molar-refractivity contribution in [3.63, 3.8) is 0 Å². The van der Waals surface area contributed by atoms with Gasteiger partial charge >= 0.3 is 0 Å². The van der Waals surface area contributed by atoms with Crippen LogP contribution in [0.4, 0.5) is 8.78 Å². The van der Waals surface area contributed by atoms with Gasteiger partial charge in [0.05, 0.1) is 18.8 Å². The molecule has 1 heterocycles. The number of aromatic nitrogens is 2. The molecule has 4 nitrogen and oxygen atoms in total. The minimum Gasteiger partial charge on any atom is -0.394 e. The molecule has 0 saturated heterocycles. The average molecular weight is 323 g/mol. The van der Waals surface area contributed by atoms with Crippen LogP contribution in [0.1, 0.15) is 36.4 Å². The third kappa shape index (κ3) is 3.76. The third-order valence-corrected chi connectivity index (χ3v) is 4.19. The first-order chi connectivity index (χ1) is 10.8. The van der Waals surface area contributed by atoms with Gasteiger partial charge in [0.2, 0.25) is 0 Å². The standard InChI is InChI=1S/C17H23F2N3O/c1-11-14(12(2)22(21-11)7-8-23)10-20-17(3,4)13-5-6-15(18)16(19)9-13/h5-6,9,20,23H,7-8,10H2,1-4H3. The van der Waals surface area contributed by atoms with E-state index in [9.17, 15) is 8.78 Å². The second kappa shape index (κ2) is 6.76. The Kier molecular flexibility index (Phi) is 5.16. The Balaban J connectivity index is 2.17. The van der Waals surface area contributed by atoms with Gasteiger partial charge in [-0.05, 0) is 45.4 Å². The van der Waals surface area contributed by atoms with Crippen LogP contribution in [0, 0.1) is 25.5 Å². The second-order valence-corrected chi connectivity index (χ2v) is 6.20. The molecular formula is C17H23F2N3O. The topological polar surface area (TPSA) is 50.1 Å². The summed E-state index contributed by atoms with van der Waals surface area (Å²) in [4.78, 5) is 0. The molecule has 126 valence electrons. The fraction of sp³-hybridized carbons (Fsp3) is 0.471. The van der Waals surface area contributed by atoms with Crippen molar-refractivity contribution in [2.75, 3.05) is 6.61 Å². The largest absolute Gasteiger partial charge is 0.394 e. The maximum Gasteiger partial charge on any atom is 0.159 e. The molecule has 23 heavy (non-hydrogen) atoms. The highest BCUT2D eigenvalue weighted by Gasteiger charge is 2.22. The van der Waals surface area contributed by atoms with Crippen LogP contribution in [0.2, 0.25) is 0 Å². The molecule has 1 aromatic carbocycles. The molecular weight excluding hydrogens is 300 g/mol. The number of halogens is 2. The van der Waals surface area contributed by atoms with E-state index >= 15 is 0 Å². The van der Waals surface area contributed by atoms with Crippen LogP contribution in [0.25, 0.3) is 0 Å². The fourth-order valence-corrected chi connectivity index (χ4v) is 2.60. The smallest absolute Gasteiger partial charge is 0.159 e. The Hall–Kier alpha value is -1.79. The second-order valence-electron chi connectivity index (χ2n) is 6.20. The summed E-state index contributed by atoms with van der Waals surface area (Å²) in [6.45, 7) is 8.76. The summed E-state index contributed by atoms with van der Waals surface area (Å²) in [7, 11) is 0. The molecule has 2 aromatic rings. The van der Waals surface area contributed by atoms with Crippen molar-refractivity contribution < 1.29 is 13.9 Å². The first kappa shape index (κ1) is 17.6. The zero-order valence-electron chi connectivity index (χ0n) is 14.0. The lowest BCUT2D eigenvalue weighted by atomic mass is 9.93. The van der Waals surface area contributed by atoms with E-state index in [0.29, 0.717) is 18.7 Å². The van der Waals surface area contributed by atoms with Crippen molar-refractivity contribution in [1.82, 2.24) is 15.1 Å². The number of nitrogens with one attached hydrogen (secondary N) is 1. The van der Waals surface area contributed by atoms with Crippen LogP contribution in [-0.4, -0.2) is 21.5 Å². The zero-order valence-corrected chi connectivity index (χ0v) is 14.0. The quantitative estimate of drug-likeness (QED) is 0.859. The fourth-order valence-electron chi connectivity index (χ4n) is 2.60. The molecule has 0 aliphatic heterocycles. The molecule has 0 atom stereocenters. The van der Waals surface area contributed by atoms with E-state index in [-0.39, 0.29) is 6.61 Å². The van der Waals surface area contributed by atoms with E-state index in [2.05, 4.69) is 10.4 Å². The monoisotopic (exact) mass is 323 g/mol. The number of aryl methyl sites for hydroxylation is 1. The summed E-state index contributed by atoms with van der Waals surface area (Å²) in [5.74, 6) is -1.69. The van der Waals surface area contributed by atoms with Crippen LogP contribution >= 0.6 is 0 Å². The molecule has 0 saturated carbocycles. The van der Waals surface area contributed by atoms with Crippen LogP contribution < -0.4 is 5.32 Å². The number of hydrogen-bond acceptors (Lipinski definition) is 3. The number of nitrogens with zero attached hydrogens (tertiary/aromatic N) is 2. The highest BCUT2D eigenvalue weighted by Crippen LogP contribution is 2.23. The average Bonchev–Trinajstić information content (AvgIpc) is 2.75. The SMILES string of the molecule is Cc1nn(CCO)c(C)c1CNC(C)(C)c1ccc(F)c(F)c1. The Bertz CT molecular complexity index is 695. The predicted octanol–water partition coefficient (Wildman–Crippen LogP) is 2.80. The molecule has 2 N–H and O–H groups in total. The van der Waals surface area contributed by atoms with Gasteiger partial charge in [0.25, 0.3) is 0 Å². The number of hydrogen-bond donors (Lipinski definition) is 2. The van der Waals surface area contributed by atoms with Crippen molar-refractivity contribution >= 4 is 0 Å². The van der Waals surface area contributed by atoms with Gasteiger partial charge in [-0.15, -0.1) is 0 Å². The van der Waals surface area contributed by atoms with Crippen LogP contribution in [-0.2, 0) is 18.6 Å². The lowest BCUT2D eigenvalue weighted by molar-refractivity contribution is 0.267. The zero-order chi connectivity index (χ0) is 17.2. The van der Waals surface area contributed by atoms with E-state index in [1.165, 1.54) is 6.07 Å². The molecule has 0 fully saturated rings. The maximum absolute atomic E-state index is 13.4. The van der Waals surface area contributed by atoms with E-state index in [4.69, 9.17) is 5.11 Å². The molecule has 0 bridgehead atoms. The van der Waals surface area contributed by atoms with Crippen LogP contribution in [0.15, 0.2) is 18.2 Å². The summed E-state index contributed by atoms with van der Waals surface area (Å²) in [5, 5.41) is 16.8. The minimum absolute atomic E-state index is 0.0369. The van der Waals surface area contributed by atoms with Gasteiger partial charge in [-0.2, -0.15) is 5.10 Å². The number of aliphatic hydroxyl groups is 1. The van der Waals surface area contributed by atoms with Gasteiger partial charge in [0, 0.05) is 23.3 Å². The Labute approximate surface area is 135 Å². The van der Waals surface area contributed by atoms with Gasteiger partial charge in [-0.1, -0.05) is 6.07 Å². The molecule has 2 rings (SSSR count). The first-order valence-electron chi connectivity index (χ1n) is 7.60. The third-order valence-electron chi connectivity index (χ3n) is 4.19. The minimum atomic E-state index is -0.847. The van der Waals surface area contributed by atoms with Gasteiger partial charge in [0.15, 0.2) is 11.6 Å². The summed E-state index contributed by atoms with van der Waals surface area (Å²) in [6.07, 6.45) is 0. The Morgan fingerprint density at radius 2 is 1.91 bits per heavy atom. The van der Waals surface area contributed by atoms with E-state index < -0.39 is 17.2 Å². The van der Waals surface area contributed by atoms with Gasteiger partial charge < -0.3 is 10.4 Å². The summed E-state index contributed by atoms with van der Waals surface area (Å²) in [5.41, 5.74) is 3.09. The number of aliphatic hydroxyl groups excluding tert-OH is 1. The number of rotatable bonds is 6. The number of benzene rings is 1. The van der Waals surface area contributed by atoms with E-state index in [0.717, 1.165) is 23.0 Å². The molecule has 0 radical (unpaired) electrons. The molecule has 0 amide bonds. The van der Waals surface area contributed by atoms with Crippen molar-refractivity contribution in [2.24, 2.45) is 0 Å². The predicted molar refractivity (Wildman–Crippen MR) is 85.0 cm³/mol. The molecule has 6 heteroatoms. The van der Waals surface area contributed by atoms with Crippen molar-refractivity contribution in [1.29, 1.82) is 0 Å². The van der Waals surface area contributed by atoms with Crippen LogP contribution in [0.5, 0.6) is 0 Å². The molecule has 0 aliphatic carbocycles. The van der Waals surface area contributed by atoms with Crippen molar-refractivity contribution in [2.45, 2.75) is 46.3 Å². The van der Waals surface area contributed by atoms with E-state index in [1.807, 2.05) is 27.7 Å².